The van der Waals surface area contributed by atoms with E-state index in [4.69, 9.17) is 9.79 Å². The van der Waals surface area contributed by atoms with E-state index in [9.17, 15) is 9.36 Å². The monoisotopic (exact) mass is 260 g/mol. The minimum absolute atomic E-state index is 0.0870. The molecule has 0 fully saturated rings. The largest absolute Gasteiger partial charge is 0.524 e. The molecule has 3 N–H and O–H groups in total. The zero-order valence-corrected chi connectivity index (χ0v) is 10.2. The van der Waals surface area contributed by atoms with E-state index in [-0.39, 0.29) is 11.4 Å². The minimum atomic E-state index is -4.65. The van der Waals surface area contributed by atoms with Crippen LogP contribution in [0.5, 0.6) is 5.75 Å². The number of hydrogen-bond acceptors (Lipinski definition) is 3. The molecular formula is C9H13N2O5P. The second-order valence-electron chi connectivity index (χ2n) is 3.40. The average molecular weight is 260 g/mol. The van der Waals surface area contributed by atoms with Crippen LogP contribution in [0.15, 0.2) is 24.3 Å². The standard InChI is InChI=1S/C9H13N2O5P/c1-11(2)9(12)10-7-5-3-4-6-8(7)16-17(13,14)15/h3-6H,1-2H3,(H,10,12)(H2,13,14,15). The Labute approximate surface area is 98.2 Å². The molecule has 1 aromatic carbocycles. The molecule has 0 unspecified atom stereocenters. The summed E-state index contributed by atoms with van der Waals surface area (Å²) in [5.41, 5.74) is 0.189. The van der Waals surface area contributed by atoms with Crippen molar-refractivity contribution in [3.05, 3.63) is 24.3 Å². The maximum atomic E-state index is 11.4. The third kappa shape index (κ3) is 4.44. The number of phosphoric acid groups is 1. The molecule has 0 bridgehead atoms. The average Bonchev–Trinajstić information content (AvgIpc) is 2.18. The summed E-state index contributed by atoms with van der Waals surface area (Å²) < 4.78 is 15.2. The number of anilines is 1. The molecule has 0 aliphatic heterocycles. The molecule has 1 aromatic rings. The summed E-state index contributed by atoms with van der Waals surface area (Å²) in [4.78, 5) is 30.1. The smallest absolute Gasteiger partial charge is 0.402 e. The summed E-state index contributed by atoms with van der Waals surface area (Å²) in [7, 11) is -1.56. The van der Waals surface area contributed by atoms with Crippen LogP contribution < -0.4 is 9.84 Å². The topological polar surface area (TPSA) is 99.1 Å². The summed E-state index contributed by atoms with van der Waals surface area (Å²) in [5, 5.41) is 2.45. The van der Waals surface area contributed by atoms with Crippen molar-refractivity contribution in [3.63, 3.8) is 0 Å². The number of carbonyl (C=O) groups excluding carboxylic acids is 1. The van der Waals surface area contributed by atoms with Gasteiger partial charge in [-0.05, 0) is 12.1 Å². The van der Waals surface area contributed by atoms with Crippen molar-refractivity contribution in [1.82, 2.24) is 4.90 Å². The number of nitrogens with one attached hydrogen (secondary N) is 1. The van der Waals surface area contributed by atoms with E-state index in [0.717, 1.165) is 0 Å². The van der Waals surface area contributed by atoms with Crippen LogP contribution >= 0.6 is 7.82 Å². The number of phosphoric ester groups is 1. The Morgan fingerprint density at radius 3 is 2.47 bits per heavy atom. The van der Waals surface area contributed by atoms with Gasteiger partial charge < -0.3 is 14.7 Å². The maximum Gasteiger partial charge on any atom is 0.524 e. The lowest BCUT2D eigenvalue weighted by Crippen LogP contribution is -2.27. The van der Waals surface area contributed by atoms with Crippen molar-refractivity contribution in [3.8, 4) is 5.75 Å². The summed E-state index contributed by atoms with van der Waals surface area (Å²) in [6, 6.07) is 5.55. The molecule has 0 aliphatic rings. The van der Waals surface area contributed by atoms with Crippen molar-refractivity contribution >= 4 is 19.5 Å². The van der Waals surface area contributed by atoms with Gasteiger partial charge in [-0.3, -0.25) is 9.79 Å². The summed E-state index contributed by atoms with van der Waals surface area (Å²) in [6.07, 6.45) is 0. The first-order valence-electron chi connectivity index (χ1n) is 4.62. The molecule has 0 aliphatic carbocycles. The molecule has 0 aromatic heterocycles. The first kappa shape index (κ1) is 13.5. The molecule has 0 radical (unpaired) electrons. The predicted molar refractivity (Wildman–Crippen MR) is 61.8 cm³/mol. The Hall–Kier alpha value is -1.56. The summed E-state index contributed by atoms with van der Waals surface area (Å²) >= 11 is 0. The lowest BCUT2D eigenvalue weighted by Gasteiger charge is -2.15. The Bertz CT molecular complexity index is 456. The highest BCUT2D eigenvalue weighted by atomic mass is 31.2. The van der Waals surface area contributed by atoms with E-state index in [1.54, 1.807) is 20.2 Å². The molecule has 0 saturated heterocycles. The number of carbonyl (C=O) groups is 1. The third-order valence-electron chi connectivity index (χ3n) is 1.75. The van der Waals surface area contributed by atoms with Gasteiger partial charge in [-0.2, -0.15) is 0 Å². The van der Waals surface area contributed by atoms with Gasteiger partial charge in [0.15, 0.2) is 5.75 Å². The van der Waals surface area contributed by atoms with Crippen LogP contribution in [0.3, 0.4) is 0 Å². The molecule has 7 nitrogen and oxygen atoms in total. The van der Waals surface area contributed by atoms with Gasteiger partial charge in [0.2, 0.25) is 0 Å². The Morgan fingerprint density at radius 2 is 1.94 bits per heavy atom. The van der Waals surface area contributed by atoms with E-state index in [1.165, 1.54) is 23.1 Å². The summed E-state index contributed by atoms with van der Waals surface area (Å²) in [6.45, 7) is 0. The maximum absolute atomic E-state index is 11.4. The first-order chi connectivity index (χ1) is 7.79. The number of nitrogens with zero attached hydrogens (tertiary/aromatic N) is 1. The van der Waals surface area contributed by atoms with Crippen LogP contribution in [0, 0.1) is 0 Å². The van der Waals surface area contributed by atoms with Crippen LogP contribution in [0.25, 0.3) is 0 Å². The van der Waals surface area contributed by atoms with Crippen molar-refractivity contribution in [2.75, 3.05) is 19.4 Å². The first-order valence-corrected chi connectivity index (χ1v) is 6.15. The highest BCUT2D eigenvalue weighted by molar-refractivity contribution is 7.46. The minimum Gasteiger partial charge on any atom is -0.402 e. The molecular weight excluding hydrogens is 247 g/mol. The quantitative estimate of drug-likeness (QED) is 0.710. The van der Waals surface area contributed by atoms with Crippen LogP contribution in [0.2, 0.25) is 0 Å². The van der Waals surface area contributed by atoms with E-state index < -0.39 is 13.9 Å². The molecule has 0 saturated carbocycles. The normalized spacial score (nSPS) is 10.8. The van der Waals surface area contributed by atoms with E-state index in [2.05, 4.69) is 9.84 Å². The van der Waals surface area contributed by atoms with Gasteiger partial charge in [-0.25, -0.2) is 9.36 Å². The van der Waals surface area contributed by atoms with Crippen molar-refractivity contribution in [1.29, 1.82) is 0 Å². The molecule has 8 heteroatoms. The fourth-order valence-corrected chi connectivity index (χ4v) is 1.42. The number of amides is 2. The van der Waals surface area contributed by atoms with E-state index >= 15 is 0 Å². The Balaban J connectivity index is 2.92. The van der Waals surface area contributed by atoms with Crippen molar-refractivity contribution in [2.24, 2.45) is 0 Å². The highest BCUT2D eigenvalue weighted by Crippen LogP contribution is 2.40. The zero-order chi connectivity index (χ0) is 13.1. The van der Waals surface area contributed by atoms with Gasteiger partial charge >= 0.3 is 13.9 Å². The highest BCUT2D eigenvalue weighted by Gasteiger charge is 2.19. The summed E-state index contributed by atoms with van der Waals surface area (Å²) in [5.74, 6) is -0.0870. The Kier molecular flexibility index (Phi) is 4.11. The number of para-hydroxylation sites is 2. The van der Waals surface area contributed by atoms with Crippen LogP contribution in [0.1, 0.15) is 0 Å². The fourth-order valence-electron chi connectivity index (χ4n) is 1.00. The zero-order valence-electron chi connectivity index (χ0n) is 9.32. The second-order valence-corrected chi connectivity index (χ2v) is 4.57. The fraction of sp³-hybridized carbons (Fsp3) is 0.222. The van der Waals surface area contributed by atoms with Crippen molar-refractivity contribution < 1.29 is 23.7 Å². The third-order valence-corrected chi connectivity index (χ3v) is 2.19. The van der Waals surface area contributed by atoms with Gasteiger partial charge in [-0.15, -0.1) is 0 Å². The lowest BCUT2D eigenvalue weighted by atomic mass is 10.3. The molecule has 94 valence electrons. The van der Waals surface area contributed by atoms with E-state index in [0.29, 0.717) is 0 Å². The van der Waals surface area contributed by atoms with Gasteiger partial charge in [-0.1, -0.05) is 12.1 Å². The number of hydrogen-bond donors (Lipinski definition) is 3. The molecule has 0 heterocycles. The number of rotatable bonds is 3. The predicted octanol–water partition coefficient (Wildman–Crippen LogP) is 1.25. The van der Waals surface area contributed by atoms with Crippen LogP contribution in [-0.4, -0.2) is 34.8 Å². The van der Waals surface area contributed by atoms with Gasteiger partial charge in [0.05, 0.1) is 5.69 Å². The van der Waals surface area contributed by atoms with Crippen molar-refractivity contribution in [2.45, 2.75) is 0 Å². The number of benzene rings is 1. The van der Waals surface area contributed by atoms with Crippen LogP contribution in [-0.2, 0) is 4.57 Å². The van der Waals surface area contributed by atoms with Gasteiger partial charge in [0, 0.05) is 14.1 Å². The second kappa shape index (κ2) is 5.18. The Morgan fingerprint density at radius 1 is 1.35 bits per heavy atom. The SMILES string of the molecule is CN(C)C(=O)Nc1ccccc1OP(=O)(O)O. The molecule has 17 heavy (non-hydrogen) atoms. The molecule has 0 spiro atoms. The molecule has 2 amide bonds. The van der Waals surface area contributed by atoms with E-state index in [1.807, 2.05) is 0 Å². The van der Waals surface area contributed by atoms with Gasteiger partial charge in [0.1, 0.15) is 0 Å². The molecule has 0 atom stereocenters. The lowest BCUT2D eigenvalue weighted by molar-refractivity contribution is 0.230. The molecule has 1 rings (SSSR count). The number of urea groups is 1. The van der Waals surface area contributed by atoms with Gasteiger partial charge in [0.25, 0.3) is 0 Å². The van der Waals surface area contributed by atoms with Crippen LogP contribution in [0.4, 0.5) is 10.5 Å².